The molecule has 1 amide bonds. The van der Waals surface area contributed by atoms with E-state index in [1.54, 1.807) is 20.8 Å². The first-order valence-electron chi connectivity index (χ1n) is 15.6. The Balaban J connectivity index is 1.65. The van der Waals surface area contributed by atoms with Gasteiger partial charge in [0.05, 0.1) is 13.2 Å². The van der Waals surface area contributed by atoms with Gasteiger partial charge in [-0.2, -0.15) is 0 Å². The summed E-state index contributed by atoms with van der Waals surface area (Å²) < 4.78 is 37.5. The molecule has 1 fully saturated rings. The smallest absolute Gasteiger partial charge is 0.410 e. The standard InChI is InChI=1S/C36H45FN2O7/c1-35(2,3)46-34(42)38(6)30(23-36(4,5)37)32(40)45-31(33(41)44-24-25-12-8-7-9-13-25)22-26-16-17-29(39-18-20-43-21-19-39)28-15-11-10-14-27(26)28/h7-17,30-31H,18-24H2,1-6H3/t30-,31+/m0/s1. The SMILES string of the molecule is CN(C(=O)OC(C)(C)C)[C@@H](CC(C)(C)F)C(=O)O[C@H](Cc1ccc(N2CCOCC2)c2ccccc12)C(=O)OCc1ccccc1. The molecule has 3 aromatic carbocycles. The number of hydrogen-bond acceptors (Lipinski definition) is 8. The van der Waals surface area contributed by atoms with Gasteiger partial charge in [0.2, 0.25) is 6.10 Å². The third kappa shape index (κ3) is 9.66. The van der Waals surface area contributed by atoms with Crippen LogP contribution in [0.4, 0.5) is 14.9 Å². The molecule has 3 aromatic rings. The van der Waals surface area contributed by atoms with Gasteiger partial charge in [0.1, 0.15) is 23.9 Å². The lowest BCUT2D eigenvalue weighted by molar-refractivity contribution is -0.172. The van der Waals surface area contributed by atoms with Crippen molar-refractivity contribution in [2.24, 2.45) is 0 Å². The number of carbonyl (C=O) groups is 3. The van der Waals surface area contributed by atoms with Crippen LogP contribution in [0.1, 0.15) is 52.2 Å². The van der Waals surface area contributed by atoms with Crippen LogP contribution in [0.2, 0.25) is 0 Å². The van der Waals surface area contributed by atoms with Crippen LogP contribution in [0, 0.1) is 0 Å². The summed E-state index contributed by atoms with van der Waals surface area (Å²) in [4.78, 5) is 43.6. The van der Waals surface area contributed by atoms with Crippen molar-refractivity contribution in [3.05, 3.63) is 77.9 Å². The molecule has 0 unspecified atom stereocenters. The summed E-state index contributed by atoms with van der Waals surface area (Å²) in [5, 5.41) is 1.89. The predicted octanol–water partition coefficient (Wildman–Crippen LogP) is 6.25. The minimum atomic E-state index is -1.84. The molecule has 0 aliphatic carbocycles. The molecule has 2 atom stereocenters. The number of rotatable bonds is 11. The molecule has 9 nitrogen and oxygen atoms in total. The summed E-state index contributed by atoms with van der Waals surface area (Å²) in [5.74, 6) is -1.69. The molecule has 46 heavy (non-hydrogen) atoms. The van der Waals surface area contributed by atoms with E-state index in [-0.39, 0.29) is 19.4 Å². The van der Waals surface area contributed by atoms with Crippen LogP contribution in [0.3, 0.4) is 0 Å². The average molecular weight is 637 g/mol. The number of ether oxygens (including phenoxy) is 4. The molecule has 0 spiro atoms. The second-order valence-electron chi connectivity index (χ2n) is 13.1. The summed E-state index contributed by atoms with van der Waals surface area (Å²) in [7, 11) is 1.35. The molecular formula is C36H45FN2O7. The van der Waals surface area contributed by atoms with Gasteiger partial charge in [0.25, 0.3) is 0 Å². The first-order chi connectivity index (χ1) is 21.7. The Kier molecular flexibility index (Phi) is 11.3. The fourth-order valence-electron chi connectivity index (χ4n) is 5.32. The van der Waals surface area contributed by atoms with Gasteiger partial charge in [0.15, 0.2) is 0 Å². The number of morpholine rings is 1. The van der Waals surface area contributed by atoms with Crippen molar-refractivity contribution in [3.63, 3.8) is 0 Å². The molecule has 0 bridgehead atoms. The Labute approximate surface area is 270 Å². The van der Waals surface area contributed by atoms with Gasteiger partial charge in [-0.25, -0.2) is 18.8 Å². The topological polar surface area (TPSA) is 94.6 Å². The zero-order chi connectivity index (χ0) is 33.5. The number of halogens is 1. The third-order valence-corrected chi connectivity index (χ3v) is 7.59. The van der Waals surface area contributed by atoms with Crippen molar-refractivity contribution < 1.29 is 37.7 Å². The number of alkyl halides is 1. The predicted molar refractivity (Wildman–Crippen MR) is 174 cm³/mol. The van der Waals surface area contributed by atoms with Crippen molar-refractivity contribution in [2.75, 3.05) is 38.3 Å². The van der Waals surface area contributed by atoms with Crippen molar-refractivity contribution >= 4 is 34.5 Å². The maximum absolute atomic E-state index is 15.0. The van der Waals surface area contributed by atoms with E-state index in [0.717, 1.165) is 45.6 Å². The monoisotopic (exact) mass is 636 g/mol. The van der Waals surface area contributed by atoms with Crippen LogP contribution in [0.25, 0.3) is 10.8 Å². The molecule has 0 aromatic heterocycles. The highest BCUT2D eigenvalue weighted by molar-refractivity contribution is 5.97. The lowest BCUT2D eigenvalue weighted by Gasteiger charge is -2.32. The minimum absolute atomic E-state index is 0.00512. The Morgan fingerprint density at radius 1 is 0.891 bits per heavy atom. The Morgan fingerprint density at radius 3 is 2.15 bits per heavy atom. The van der Waals surface area contributed by atoms with Crippen molar-refractivity contribution in [1.82, 2.24) is 4.90 Å². The Hall–Kier alpha value is -4.18. The summed E-state index contributed by atoms with van der Waals surface area (Å²) in [6, 6.07) is 19.6. The van der Waals surface area contributed by atoms with Gasteiger partial charge in [0, 0.05) is 44.1 Å². The molecular weight excluding hydrogens is 591 g/mol. The first-order valence-corrected chi connectivity index (χ1v) is 15.6. The van der Waals surface area contributed by atoms with Crippen LogP contribution in [0.5, 0.6) is 0 Å². The fraction of sp³-hybridized carbons (Fsp3) is 0.472. The third-order valence-electron chi connectivity index (χ3n) is 7.59. The number of amides is 1. The summed E-state index contributed by atoms with van der Waals surface area (Å²) in [6.45, 7) is 10.5. The van der Waals surface area contributed by atoms with E-state index in [1.807, 2.05) is 66.7 Å². The van der Waals surface area contributed by atoms with E-state index in [1.165, 1.54) is 20.9 Å². The summed E-state index contributed by atoms with van der Waals surface area (Å²) in [6.07, 6.45) is -2.55. The first kappa shape index (κ1) is 34.7. The van der Waals surface area contributed by atoms with Crippen LogP contribution in [0.15, 0.2) is 66.7 Å². The van der Waals surface area contributed by atoms with Crippen LogP contribution in [-0.2, 0) is 41.6 Å². The van der Waals surface area contributed by atoms with E-state index >= 15 is 0 Å². The number of esters is 2. The zero-order valence-electron chi connectivity index (χ0n) is 27.6. The Morgan fingerprint density at radius 2 is 1.52 bits per heavy atom. The highest BCUT2D eigenvalue weighted by Crippen LogP contribution is 2.32. The lowest BCUT2D eigenvalue weighted by atomic mass is 9.97. The number of likely N-dealkylation sites (N-methyl/N-ethyl adjacent to an activating group) is 1. The van der Waals surface area contributed by atoms with Crippen molar-refractivity contribution in [3.8, 4) is 0 Å². The lowest BCUT2D eigenvalue weighted by Crippen LogP contribution is -2.49. The van der Waals surface area contributed by atoms with E-state index in [2.05, 4.69) is 4.90 Å². The normalized spacial score (nSPS) is 15.2. The van der Waals surface area contributed by atoms with Crippen LogP contribution in [-0.4, -0.2) is 79.7 Å². The second-order valence-corrected chi connectivity index (χ2v) is 13.1. The van der Waals surface area contributed by atoms with E-state index in [4.69, 9.17) is 18.9 Å². The van der Waals surface area contributed by atoms with E-state index < -0.39 is 41.4 Å². The molecule has 1 heterocycles. The summed E-state index contributed by atoms with van der Waals surface area (Å²) >= 11 is 0. The molecule has 1 aliphatic rings. The number of benzene rings is 3. The number of nitrogens with zero attached hydrogens (tertiary/aromatic N) is 2. The van der Waals surface area contributed by atoms with E-state index in [9.17, 15) is 18.8 Å². The Bertz CT molecular complexity index is 1490. The molecule has 1 aliphatic heterocycles. The largest absolute Gasteiger partial charge is 0.458 e. The molecule has 10 heteroatoms. The minimum Gasteiger partial charge on any atom is -0.458 e. The molecule has 4 rings (SSSR count). The molecule has 0 N–H and O–H groups in total. The highest BCUT2D eigenvalue weighted by Gasteiger charge is 2.38. The number of fused-ring (bicyclic) bond motifs is 1. The van der Waals surface area contributed by atoms with Gasteiger partial charge < -0.3 is 23.8 Å². The fourth-order valence-corrected chi connectivity index (χ4v) is 5.32. The second kappa shape index (κ2) is 14.9. The molecule has 0 radical (unpaired) electrons. The molecule has 248 valence electrons. The quantitative estimate of drug-likeness (QED) is 0.180. The van der Waals surface area contributed by atoms with E-state index in [0.29, 0.717) is 13.2 Å². The van der Waals surface area contributed by atoms with Crippen LogP contribution < -0.4 is 4.90 Å². The maximum atomic E-state index is 15.0. The van der Waals surface area contributed by atoms with Crippen molar-refractivity contribution in [2.45, 2.75) is 77.5 Å². The molecule has 0 saturated carbocycles. The maximum Gasteiger partial charge on any atom is 0.410 e. The van der Waals surface area contributed by atoms with Gasteiger partial charge in [-0.1, -0.05) is 60.7 Å². The van der Waals surface area contributed by atoms with Gasteiger partial charge in [-0.3, -0.25) is 4.90 Å². The number of anilines is 1. The molecule has 1 saturated heterocycles. The van der Waals surface area contributed by atoms with Gasteiger partial charge >= 0.3 is 18.0 Å². The number of hydrogen-bond donors (Lipinski definition) is 0. The van der Waals surface area contributed by atoms with Gasteiger partial charge in [-0.05, 0) is 57.2 Å². The average Bonchev–Trinajstić information content (AvgIpc) is 3.01. The van der Waals surface area contributed by atoms with Gasteiger partial charge in [-0.15, -0.1) is 0 Å². The van der Waals surface area contributed by atoms with Crippen LogP contribution >= 0.6 is 0 Å². The number of carbonyl (C=O) groups excluding carboxylic acids is 3. The zero-order valence-corrected chi connectivity index (χ0v) is 27.6. The van der Waals surface area contributed by atoms with Crippen molar-refractivity contribution in [1.29, 1.82) is 0 Å². The summed E-state index contributed by atoms with van der Waals surface area (Å²) in [5.41, 5.74) is -0.0992. The highest BCUT2D eigenvalue weighted by atomic mass is 19.1.